The van der Waals surface area contributed by atoms with Gasteiger partial charge in [-0.25, -0.2) is 4.98 Å². The van der Waals surface area contributed by atoms with Gasteiger partial charge < -0.3 is 20.3 Å². The van der Waals surface area contributed by atoms with E-state index >= 15 is 0 Å². The van der Waals surface area contributed by atoms with Gasteiger partial charge in [0.2, 0.25) is 5.95 Å². The predicted molar refractivity (Wildman–Crippen MR) is 148 cm³/mol. The van der Waals surface area contributed by atoms with E-state index in [-0.39, 0.29) is 7.43 Å². The number of anilines is 2. The third kappa shape index (κ3) is 5.33. The number of fused-ring (bicyclic) bond motifs is 2. The first kappa shape index (κ1) is 24.7. The summed E-state index contributed by atoms with van der Waals surface area (Å²) in [7, 11) is 5.81. The van der Waals surface area contributed by atoms with Crippen molar-refractivity contribution in [3.8, 4) is 5.75 Å². The van der Waals surface area contributed by atoms with Gasteiger partial charge in [-0.05, 0) is 54.7 Å². The lowest BCUT2D eigenvalue weighted by Crippen LogP contribution is -2.37. The van der Waals surface area contributed by atoms with Crippen LogP contribution in [0.2, 0.25) is 0 Å². The molecular formula is C29H37N5O. The van der Waals surface area contributed by atoms with Crippen molar-refractivity contribution in [2.45, 2.75) is 51.7 Å². The van der Waals surface area contributed by atoms with Gasteiger partial charge in [0.05, 0.1) is 12.6 Å². The first-order valence-corrected chi connectivity index (χ1v) is 12.1. The predicted octanol–water partition coefficient (Wildman–Crippen LogP) is 6.01. The Labute approximate surface area is 208 Å². The van der Waals surface area contributed by atoms with Gasteiger partial charge >= 0.3 is 0 Å². The van der Waals surface area contributed by atoms with E-state index in [4.69, 9.17) is 14.7 Å². The normalized spacial score (nSPS) is 17.7. The molecule has 1 aliphatic carbocycles. The summed E-state index contributed by atoms with van der Waals surface area (Å²) in [5.41, 5.74) is 2.21. The summed E-state index contributed by atoms with van der Waals surface area (Å²) in [6.45, 7) is 0.813. The summed E-state index contributed by atoms with van der Waals surface area (Å²) in [5, 5.41) is 11.0. The summed E-state index contributed by atoms with van der Waals surface area (Å²) in [6.07, 6.45) is 4.44. The summed E-state index contributed by atoms with van der Waals surface area (Å²) in [4.78, 5) is 11.6. The van der Waals surface area contributed by atoms with E-state index in [1.807, 2.05) is 26.2 Å². The van der Waals surface area contributed by atoms with Gasteiger partial charge in [-0.3, -0.25) is 0 Å². The Hall–Kier alpha value is -3.38. The first-order chi connectivity index (χ1) is 16.6. The topological polar surface area (TPSA) is 62.3 Å². The fourth-order valence-electron chi connectivity index (χ4n) is 5.03. The highest BCUT2D eigenvalue weighted by atomic mass is 16.5. The Morgan fingerprint density at radius 2 is 1.54 bits per heavy atom. The van der Waals surface area contributed by atoms with Crippen molar-refractivity contribution in [1.82, 2.24) is 15.3 Å². The Morgan fingerprint density at radius 1 is 0.857 bits per heavy atom. The number of nitrogens with one attached hydrogen (secondary N) is 2. The molecule has 2 N–H and O–H groups in total. The number of ether oxygens (including phenoxy) is 1. The zero-order valence-electron chi connectivity index (χ0n) is 20.2. The Bertz CT molecular complexity index is 1280. The van der Waals surface area contributed by atoms with Crippen molar-refractivity contribution in [3.63, 3.8) is 0 Å². The van der Waals surface area contributed by atoms with Crippen molar-refractivity contribution in [3.05, 3.63) is 66.2 Å². The van der Waals surface area contributed by atoms with E-state index in [1.54, 1.807) is 7.11 Å². The molecule has 184 valence electrons. The highest BCUT2D eigenvalue weighted by molar-refractivity contribution is 5.90. The van der Waals surface area contributed by atoms with E-state index in [2.05, 4.69) is 64.1 Å². The van der Waals surface area contributed by atoms with Crippen LogP contribution in [0.1, 0.15) is 38.7 Å². The molecule has 0 atom stereocenters. The zero-order chi connectivity index (χ0) is 23.5. The summed E-state index contributed by atoms with van der Waals surface area (Å²) in [5.74, 6) is 2.62. The van der Waals surface area contributed by atoms with Crippen molar-refractivity contribution in [2.24, 2.45) is 0 Å². The fourth-order valence-corrected chi connectivity index (χ4v) is 5.03. The van der Waals surface area contributed by atoms with Crippen LogP contribution in [-0.4, -0.2) is 43.3 Å². The smallest absolute Gasteiger partial charge is 0.225 e. The van der Waals surface area contributed by atoms with Crippen LogP contribution >= 0.6 is 0 Å². The molecule has 0 radical (unpaired) electrons. The van der Waals surface area contributed by atoms with Crippen LogP contribution in [0.4, 0.5) is 11.8 Å². The molecule has 0 saturated heterocycles. The largest absolute Gasteiger partial charge is 0.496 e. The van der Waals surface area contributed by atoms with Gasteiger partial charge in [0, 0.05) is 43.7 Å². The molecule has 6 heteroatoms. The van der Waals surface area contributed by atoms with Crippen LogP contribution in [-0.2, 0) is 6.54 Å². The molecule has 1 heterocycles. The van der Waals surface area contributed by atoms with E-state index in [9.17, 15) is 0 Å². The van der Waals surface area contributed by atoms with Crippen LogP contribution < -0.4 is 20.3 Å². The minimum atomic E-state index is 0. The molecule has 1 fully saturated rings. The Morgan fingerprint density at radius 3 is 2.29 bits per heavy atom. The van der Waals surface area contributed by atoms with E-state index in [1.165, 1.54) is 16.3 Å². The second-order valence-corrected chi connectivity index (χ2v) is 9.32. The van der Waals surface area contributed by atoms with Crippen LogP contribution in [0.15, 0.2) is 60.7 Å². The Kier molecular flexibility index (Phi) is 7.71. The molecular weight excluding hydrogens is 434 g/mol. The van der Waals surface area contributed by atoms with Gasteiger partial charge in [0.15, 0.2) is 0 Å². The second kappa shape index (κ2) is 10.9. The minimum Gasteiger partial charge on any atom is -0.496 e. The number of para-hydroxylation sites is 1. The maximum absolute atomic E-state index is 5.67. The van der Waals surface area contributed by atoms with Crippen molar-refractivity contribution < 1.29 is 4.74 Å². The van der Waals surface area contributed by atoms with Crippen LogP contribution in [0, 0.1) is 0 Å². The van der Waals surface area contributed by atoms with Crippen LogP contribution in [0.5, 0.6) is 5.75 Å². The number of rotatable bonds is 7. The molecule has 0 aliphatic heterocycles. The molecule has 6 nitrogen and oxygen atoms in total. The quantitative estimate of drug-likeness (QED) is 0.344. The second-order valence-electron chi connectivity index (χ2n) is 9.32. The van der Waals surface area contributed by atoms with Crippen LogP contribution in [0.3, 0.4) is 0 Å². The molecule has 0 unspecified atom stereocenters. The van der Waals surface area contributed by atoms with E-state index in [0.29, 0.717) is 12.1 Å². The highest BCUT2D eigenvalue weighted by Gasteiger charge is 2.22. The lowest BCUT2D eigenvalue weighted by Gasteiger charge is -2.30. The summed E-state index contributed by atoms with van der Waals surface area (Å²) >= 11 is 0. The monoisotopic (exact) mass is 471 g/mol. The Balaban J connectivity index is 0.00000289. The molecule has 5 rings (SSSR count). The van der Waals surface area contributed by atoms with Gasteiger partial charge in [0.25, 0.3) is 0 Å². The lowest BCUT2D eigenvalue weighted by molar-refractivity contribution is 0.348. The number of nitrogens with zero attached hydrogens (tertiary/aromatic N) is 3. The van der Waals surface area contributed by atoms with Crippen molar-refractivity contribution in [1.29, 1.82) is 0 Å². The molecule has 4 aromatic rings. The fraction of sp³-hybridized carbons (Fsp3) is 0.379. The zero-order valence-corrected chi connectivity index (χ0v) is 20.2. The minimum absolute atomic E-state index is 0. The van der Waals surface area contributed by atoms with Gasteiger partial charge in [0.1, 0.15) is 11.6 Å². The molecule has 0 amide bonds. The molecule has 3 aromatic carbocycles. The van der Waals surface area contributed by atoms with Gasteiger partial charge in [-0.1, -0.05) is 49.9 Å². The van der Waals surface area contributed by atoms with Gasteiger partial charge in [-0.15, -0.1) is 0 Å². The van der Waals surface area contributed by atoms with Crippen LogP contribution in [0.25, 0.3) is 21.7 Å². The number of hydrogen-bond acceptors (Lipinski definition) is 6. The average molecular weight is 472 g/mol. The maximum Gasteiger partial charge on any atom is 0.225 e. The molecule has 1 aromatic heterocycles. The van der Waals surface area contributed by atoms with Gasteiger partial charge in [-0.2, -0.15) is 4.98 Å². The molecule has 1 saturated carbocycles. The molecule has 0 bridgehead atoms. The first-order valence-electron chi connectivity index (χ1n) is 12.1. The molecule has 35 heavy (non-hydrogen) atoms. The summed E-state index contributed by atoms with van der Waals surface area (Å²) < 4.78 is 5.67. The number of hydrogen-bond donors (Lipinski definition) is 2. The number of methoxy groups -OCH3 is 1. The van der Waals surface area contributed by atoms with Crippen molar-refractivity contribution in [2.75, 3.05) is 31.4 Å². The molecule has 0 spiro atoms. The lowest BCUT2D eigenvalue weighted by atomic mass is 9.91. The third-order valence-corrected chi connectivity index (χ3v) is 6.85. The SMILES string of the molecule is C.COc1ccc2ccccc2c1CNC1CCC(Nc2nc(N(C)C)c3ccccc3n2)CC1. The standard InChI is InChI=1S/C28H33N5O.CH4/c1-33(2)27-23-10-6-7-11-25(23)31-28(32-27)30-21-15-13-20(14-16-21)29-18-24-22-9-5-4-8-19(22)12-17-26(24)34-3;/h4-12,17,20-21,29H,13-16,18H2,1-3H3,(H,30,31,32);1H4. The van der Waals surface area contributed by atoms with E-state index in [0.717, 1.165) is 60.6 Å². The highest BCUT2D eigenvalue weighted by Crippen LogP contribution is 2.29. The van der Waals surface area contributed by atoms with Crippen molar-refractivity contribution >= 4 is 33.4 Å². The number of aromatic nitrogens is 2. The number of benzene rings is 3. The third-order valence-electron chi connectivity index (χ3n) is 6.85. The van der Waals surface area contributed by atoms with E-state index < -0.39 is 0 Å². The average Bonchev–Trinajstić information content (AvgIpc) is 2.87. The molecule has 1 aliphatic rings. The summed E-state index contributed by atoms with van der Waals surface area (Å²) in [6, 6.07) is 21.8. The maximum atomic E-state index is 5.67.